The van der Waals surface area contributed by atoms with Gasteiger partial charge in [-0.3, -0.25) is 4.68 Å². The number of benzene rings is 1. The molecule has 22 heavy (non-hydrogen) atoms. The molecule has 1 aromatic carbocycles. The Bertz CT molecular complexity index is 844. The van der Waals surface area contributed by atoms with Crippen molar-refractivity contribution in [2.45, 2.75) is 27.7 Å². The summed E-state index contributed by atoms with van der Waals surface area (Å²) in [4.78, 5) is 0. The number of hydrogen-bond acceptors (Lipinski definition) is 1. The van der Waals surface area contributed by atoms with Gasteiger partial charge in [0, 0.05) is 49.0 Å². The Morgan fingerprint density at radius 1 is 1.00 bits per heavy atom. The van der Waals surface area contributed by atoms with Crippen molar-refractivity contribution >= 4 is 0 Å². The largest absolute Gasteiger partial charge is 0.268 e. The van der Waals surface area contributed by atoms with E-state index in [1.165, 1.54) is 33.6 Å². The Morgan fingerprint density at radius 3 is 2.41 bits per heavy atom. The molecule has 112 valence electrons. The summed E-state index contributed by atoms with van der Waals surface area (Å²) in [6, 6.07) is 10.6. The van der Waals surface area contributed by atoms with E-state index in [0.717, 1.165) is 5.69 Å². The third-order valence-electron chi connectivity index (χ3n) is 4.31. The fourth-order valence-electron chi connectivity index (χ4n) is 3.34. The van der Waals surface area contributed by atoms with Crippen LogP contribution in [0.4, 0.5) is 0 Å². The first-order valence-electron chi connectivity index (χ1n) is 7.57. The zero-order valence-electron chi connectivity index (χ0n) is 13.9. The summed E-state index contributed by atoms with van der Waals surface area (Å²) in [5, 5.41) is 4.33. The Hall–Kier alpha value is -2.42. The first kappa shape index (κ1) is 14.5. The molecule has 3 rings (SSSR count). The fraction of sp³-hybridized carbons (Fsp3) is 0.263. The van der Waals surface area contributed by atoms with Crippen LogP contribution in [0, 0.1) is 27.7 Å². The molecular weight excluding hydrogens is 270 g/mol. The molecule has 3 heteroatoms. The van der Waals surface area contributed by atoms with Crippen LogP contribution in [0.2, 0.25) is 0 Å². The molecule has 0 fully saturated rings. The minimum absolute atomic E-state index is 1.16. The van der Waals surface area contributed by atoms with E-state index < -0.39 is 0 Å². The SMILES string of the molecule is Cc1cc(C)c(-[n+]2ccccc2C)c(C)c1-c1ccnn1C. The van der Waals surface area contributed by atoms with Crippen LogP contribution in [0.3, 0.4) is 0 Å². The fourth-order valence-corrected chi connectivity index (χ4v) is 3.34. The third kappa shape index (κ3) is 2.23. The molecular formula is C19H22N3+. The van der Waals surface area contributed by atoms with Crippen LogP contribution in [0.1, 0.15) is 22.4 Å². The van der Waals surface area contributed by atoms with Gasteiger partial charge < -0.3 is 0 Å². The van der Waals surface area contributed by atoms with Crippen LogP contribution < -0.4 is 4.57 Å². The second-order valence-corrected chi connectivity index (χ2v) is 5.91. The molecule has 0 saturated carbocycles. The normalized spacial score (nSPS) is 11.0. The van der Waals surface area contributed by atoms with E-state index >= 15 is 0 Å². The molecule has 0 radical (unpaired) electrons. The Labute approximate surface area is 131 Å². The van der Waals surface area contributed by atoms with E-state index in [-0.39, 0.29) is 0 Å². The van der Waals surface area contributed by atoms with Gasteiger partial charge >= 0.3 is 0 Å². The Kier molecular flexibility index (Phi) is 3.57. The summed E-state index contributed by atoms with van der Waals surface area (Å²) in [5.41, 5.74) is 8.80. The highest BCUT2D eigenvalue weighted by Gasteiger charge is 2.22. The van der Waals surface area contributed by atoms with Crippen LogP contribution in [0.5, 0.6) is 0 Å². The monoisotopic (exact) mass is 292 g/mol. The van der Waals surface area contributed by atoms with E-state index in [1.54, 1.807) is 0 Å². The molecule has 0 N–H and O–H groups in total. The van der Waals surface area contributed by atoms with Gasteiger partial charge in [0.05, 0.1) is 5.69 Å². The second kappa shape index (κ2) is 5.41. The predicted octanol–water partition coefficient (Wildman–Crippen LogP) is 3.60. The molecule has 2 heterocycles. The summed E-state index contributed by atoms with van der Waals surface area (Å²) in [6.07, 6.45) is 3.99. The van der Waals surface area contributed by atoms with E-state index in [1.807, 2.05) is 17.9 Å². The predicted molar refractivity (Wildman–Crippen MR) is 89.1 cm³/mol. The van der Waals surface area contributed by atoms with E-state index in [0.29, 0.717) is 0 Å². The van der Waals surface area contributed by atoms with Crippen molar-refractivity contribution < 1.29 is 4.57 Å². The summed E-state index contributed by atoms with van der Waals surface area (Å²) in [6.45, 7) is 8.70. The maximum absolute atomic E-state index is 4.33. The van der Waals surface area contributed by atoms with Crippen LogP contribution >= 0.6 is 0 Å². The average molecular weight is 292 g/mol. The Balaban J connectivity index is 2.34. The lowest BCUT2D eigenvalue weighted by molar-refractivity contribution is -0.603. The number of aryl methyl sites for hydroxylation is 4. The van der Waals surface area contributed by atoms with Gasteiger partial charge in [0.25, 0.3) is 0 Å². The number of nitrogens with zero attached hydrogens (tertiary/aromatic N) is 3. The van der Waals surface area contributed by atoms with Gasteiger partial charge in [0.2, 0.25) is 5.69 Å². The average Bonchev–Trinajstić information content (AvgIpc) is 2.87. The zero-order valence-corrected chi connectivity index (χ0v) is 13.9. The molecule has 0 atom stereocenters. The molecule has 0 aliphatic carbocycles. The molecule has 3 nitrogen and oxygen atoms in total. The molecule has 2 aromatic heterocycles. The van der Waals surface area contributed by atoms with Gasteiger partial charge in [-0.2, -0.15) is 9.67 Å². The maximum atomic E-state index is 4.33. The highest BCUT2D eigenvalue weighted by molar-refractivity contribution is 5.72. The van der Waals surface area contributed by atoms with Crippen molar-refractivity contribution in [3.8, 4) is 16.9 Å². The highest BCUT2D eigenvalue weighted by Crippen LogP contribution is 2.31. The lowest BCUT2D eigenvalue weighted by Crippen LogP contribution is -2.35. The number of pyridine rings is 1. The van der Waals surface area contributed by atoms with Crippen molar-refractivity contribution in [2.24, 2.45) is 7.05 Å². The molecule has 0 saturated heterocycles. The summed E-state index contributed by atoms with van der Waals surface area (Å²) < 4.78 is 4.21. The summed E-state index contributed by atoms with van der Waals surface area (Å²) in [5.74, 6) is 0. The van der Waals surface area contributed by atoms with Crippen LogP contribution in [0.15, 0.2) is 42.7 Å². The minimum Gasteiger partial charge on any atom is -0.268 e. The standard InChI is InChI=1S/C19H22N3/c1-13-12-14(2)19(22-11-7-6-8-15(22)3)16(4)18(13)17-9-10-20-21(17)5/h6-12H,1-5H3/q+1. The quantitative estimate of drug-likeness (QED) is 0.661. The van der Waals surface area contributed by atoms with Gasteiger partial charge in [0.1, 0.15) is 0 Å². The lowest BCUT2D eigenvalue weighted by Gasteiger charge is -2.14. The molecule has 0 unspecified atom stereocenters. The van der Waals surface area contributed by atoms with Crippen molar-refractivity contribution in [3.05, 3.63) is 65.1 Å². The summed E-state index contributed by atoms with van der Waals surface area (Å²) in [7, 11) is 1.99. The molecule has 0 amide bonds. The van der Waals surface area contributed by atoms with Gasteiger partial charge in [-0.1, -0.05) is 6.07 Å². The van der Waals surface area contributed by atoms with Gasteiger partial charge in [-0.25, -0.2) is 0 Å². The van der Waals surface area contributed by atoms with E-state index in [9.17, 15) is 0 Å². The smallest absolute Gasteiger partial charge is 0.217 e. The molecule has 0 aliphatic heterocycles. The first-order chi connectivity index (χ1) is 10.5. The van der Waals surface area contributed by atoms with Gasteiger partial charge in [-0.15, -0.1) is 0 Å². The lowest BCUT2D eigenvalue weighted by atomic mass is 9.94. The highest BCUT2D eigenvalue weighted by atomic mass is 15.3. The van der Waals surface area contributed by atoms with Gasteiger partial charge in [0.15, 0.2) is 11.9 Å². The molecule has 0 bridgehead atoms. The first-order valence-corrected chi connectivity index (χ1v) is 7.57. The van der Waals surface area contributed by atoms with Crippen molar-refractivity contribution in [3.63, 3.8) is 0 Å². The molecule has 3 aromatic rings. The van der Waals surface area contributed by atoms with Gasteiger partial charge in [-0.05, 0) is 38.5 Å². The maximum Gasteiger partial charge on any atom is 0.217 e. The van der Waals surface area contributed by atoms with Crippen LogP contribution in [-0.4, -0.2) is 9.78 Å². The number of aromatic nitrogens is 3. The second-order valence-electron chi connectivity index (χ2n) is 5.91. The minimum atomic E-state index is 1.16. The zero-order chi connectivity index (χ0) is 15.9. The van der Waals surface area contributed by atoms with Crippen molar-refractivity contribution in [2.75, 3.05) is 0 Å². The number of rotatable bonds is 2. The molecule has 0 aliphatic rings. The van der Waals surface area contributed by atoms with E-state index in [2.05, 4.69) is 73.9 Å². The van der Waals surface area contributed by atoms with Crippen LogP contribution in [0.25, 0.3) is 16.9 Å². The van der Waals surface area contributed by atoms with Crippen molar-refractivity contribution in [1.29, 1.82) is 0 Å². The van der Waals surface area contributed by atoms with Crippen LogP contribution in [-0.2, 0) is 7.05 Å². The summed E-state index contributed by atoms with van der Waals surface area (Å²) >= 11 is 0. The molecule has 0 spiro atoms. The topological polar surface area (TPSA) is 21.7 Å². The Morgan fingerprint density at radius 2 is 1.77 bits per heavy atom. The van der Waals surface area contributed by atoms with Crippen molar-refractivity contribution in [1.82, 2.24) is 9.78 Å². The third-order valence-corrected chi connectivity index (χ3v) is 4.31. The van der Waals surface area contributed by atoms with E-state index in [4.69, 9.17) is 0 Å². The number of hydrogen-bond donors (Lipinski definition) is 0.